The maximum atomic E-state index is 12.3. The molecular weight excluding hydrogens is 364 g/mol. The first-order chi connectivity index (χ1) is 13.5. The van der Waals surface area contributed by atoms with E-state index in [2.05, 4.69) is 5.32 Å². The summed E-state index contributed by atoms with van der Waals surface area (Å²) in [6.45, 7) is 0.769. The van der Waals surface area contributed by atoms with E-state index >= 15 is 0 Å². The van der Waals surface area contributed by atoms with E-state index in [4.69, 9.17) is 14.2 Å². The number of anilines is 1. The van der Waals surface area contributed by atoms with Crippen LogP contribution < -0.4 is 14.8 Å². The van der Waals surface area contributed by atoms with Crippen LogP contribution in [0.5, 0.6) is 11.5 Å². The molecule has 28 heavy (non-hydrogen) atoms. The molecule has 1 aliphatic heterocycles. The van der Waals surface area contributed by atoms with Gasteiger partial charge in [0.15, 0.2) is 6.61 Å². The van der Waals surface area contributed by atoms with E-state index in [0.717, 1.165) is 12.8 Å². The van der Waals surface area contributed by atoms with Gasteiger partial charge in [-0.3, -0.25) is 14.4 Å². The molecule has 2 fully saturated rings. The van der Waals surface area contributed by atoms with Gasteiger partial charge in [-0.1, -0.05) is 0 Å². The monoisotopic (exact) mass is 390 g/mol. The fourth-order valence-electron chi connectivity index (χ4n) is 3.28. The summed E-state index contributed by atoms with van der Waals surface area (Å²) in [5, 5.41) is 2.66. The fourth-order valence-corrected chi connectivity index (χ4v) is 3.28. The maximum absolute atomic E-state index is 12.3. The van der Waals surface area contributed by atoms with Gasteiger partial charge in [0, 0.05) is 25.1 Å². The van der Waals surface area contributed by atoms with Crippen molar-refractivity contribution >= 4 is 23.5 Å². The zero-order valence-electron chi connectivity index (χ0n) is 16.2. The lowest BCUT2D eigenvalue weighted by Crippen LogP contribution is -2.41. The highest BCUT2D eigenvalue weighted by Gasteiger charge is 2.36. The van der Waals surface area contributed by atoms with Gasteiger partial charge in [-0.2, -0.15) is 0 Å². The Morgan fingerprint density at radius 3 is 2.36 bits per heavy atom. The van der Waals surface area contributed by atoms with Crippen LogP contribution in [0.25, 0.3) is 0 Å². The molecule has 1 saturated heterocycles. The van der Waals surface area contributed by atoms with Gasteiger partial charge < -0.3 is 24.4 Å². The number of carbonyl (C=O) groups is 3. The number of likely N-dealkylation sites (tertiary alicyclic amines) is 1. The third kappa shape index (κ3) is 4.94. The van der Waals surface area contributed by atoms with Crippen LogP contribution in [-0.2, 0) is 19.1 Å². The molecule has 2 amide bonds. The number of hydrogen-bond donors (Lipinski definition) is 1. The summed E-state index contributed by atoms with van der Waals surface area (Å²) in [6, 6.07) is 5.02. The Morgan fingerprint density at radius 2 is 1.75 bits per heavy atom. The number of nitrogens with zero attached hydrogens (tertiary/aromatic N) is 1. The van der Waals surface area contributed by atoms with E-state index in [-0.39, 0.29) is 24.3 Å². The fraction of sp³-hybridized carbons (Fsp3) is 0.550. The summed E-state index contributed by atoms with van der Waals surface area (Å²) in [5.41, 5.74) is 0.440. The first-order valence-corrected chi connectivity index (χ1v) is 9.49. The van der Waals surface area contributed by atoms with E-state index in [1.807, 2.05) is 4.90 Å². The van der Waals surface area contributed by atoms with Gasteiger partial charge in [-0.25, -0.2) is 0 Å². The lowest BCUT2D eigenvalue weighted by molar-refractivity contribution is -0.154. The van der Waals surface area contributed by atoms with Crippen molar-refractivity contribution in [2.24, 2.45) is 11.8 Å². The minimum Gasteiger partial charge on any atom is -0.497 e. The summed E-state index contributed by atoms with van der Waals surface area (Å²) < 4.78 is 15.5. The molecule has 1 saturated carbocycles. The van der Waals surface area contributed by atoms with Gasteiger partial charge >= 0.3 is 5.97 Å². The zero-order valence-corrected chi connectivity index (χ0v) is 16.2. The number of rotatable bonds is 7. The topological polar surface area (TPSA) is 94.2 Å². The minimum atomic E-state index is -0.457. The highest BCUT2D eigenvalue weighted by Crippen LogP contribution is 2.32. The Balaban J connectivity index is 1.44. The molecule has 0 atom stereocenters. The molecule has 0 spiro atoms. The summed E-state index contributed by atoms with van der Waals surface area (Å²) >= 11 is 0. The van der Waals surface area contributed by atoms with Crippen LogP contribution in [0.15, 0.2) is 18.2 Å². The highest BCUT2D eigenvalue weighted by molar-refractivity contribution is 5.94. The largest absolute Gasteiger partial charge is 0.497 e. The van der Waals surface area contributed by atoms with Gasteiger partial charge in [0.25, 0.3) is 5.91 Å². The zero-order chi connectivity index (χ0) is 20.1. The Bertz CT molecular complexity index is 738. The first kappa shape index (κ1) is 20.0. The van der Waals surface area contributed by atoms with Gasteiger partial charge in [0.2, 0.25) is 5.91 Å². The van der Waals surface area contributed by atoms with Crippen LogP contribution in [0.2, 0.25) is 0 Å². The van der Waals surface area contributed by atoms with Crippen molar-refractivity contribution in [3.63, 3.8) is 0 Å². The van der Waals surface area contributed by atoms with Crippen LogP contribution in [0.1, 0.15) is 25.7 Å². The molecule has 0 aromatic heterocycles. The number of benzene rings is 1. The smallest absolute Gasteiger partial charge is 0.309 e. The highest BCUT2D eigenvalue weighted by atomic mass is 16.5. The van der Waals surface area contributed by atoms with Crippen molar-refractivity contribution < 1.29 is 28.6 Å². The summed E-state index contributed by atoms with van der Waals surface area (Å²) in [5.74, 6) is 0.322. The summed E-state index contributed by atoms with van der Waals surface area (Å²) in [6.07, 6.45) is 3.10. The molecule has 1 N–H and O–H groups in total. The van der Waals surface area contributed by atoms with Crippen molar-refractivity contribution in [1.29, 1.82) is 0 Å². The Hall–Kier alpha value is -2.77. The number of hydrogen-bond acceptors (Lipinski definition) is 6. The van der Waals surface area contributed by atoms with E-state index in [0.29, 0.717) is 43.1 Å². The molecule has 1 heterocycles. The van der Waals surface area contributed by atoms with Crippen molar-refractivity contribution in [2.75, 3.05) is 39.2 Å². The molecule has 2 aliphatic rings. The van der Waals surface area contributed by atoms with Crippen LogP contribution in [0.3, 0.4) is 0 Å². The lowest BCUT2D eigenvalue weighted by atomic mass is 9.97. The van der Waals surface area contributed by atoms with Crippen molar-refractivity contribution in [2.45, 2.75) is 25.7 Å². The first-order valence-electron chi connectivity index (χ1n) is 9.49. The molecule has 1 aliphatic carbocycles. The predicted octanol–water partition coefficient (Wildman–Crippen LogP) is 1.83. The van der Waals surface area contributed by atoms with Crippen LogP contribution >= 0.6 is 0 Å². The van der Waals surface area contributed by atoms with E-state index in [9.17, 15) is 14.4 Å². The van der Waals surface area contributed by atoms with E-state index < -0.39 is 11.9 Å². The maximum Gasteiger partial charge on any atom is 0.309 e. The minimum absolute atomic E-state index is 0.195. The Morgan fingerprint density at radius 1 is 1.04 bits per heavy atom. The van der Waals surface area contributed by atoms with Gasteiger partial charge in [-0.15, -0.1) is 0 Å². The third-order valence-corrected chi connectivity index (χ3v) is 5.09. The van der Waals surface area contributed by atoms with Gasteiger partial charge in [0.05, 0.1) is 25.8 Å². The standard InChI is InChI=1S/C20H26N2O6/c1-26-15-5-6-17(27-2)16(11-15)21-18(23)12-28-20(25)14-7-9-22(10-8-14)19(24)13-3-4-13/h5-6,11,13-14H,3-4,7-10,12H2,1-2H3,(H,21,23). The van der Waals surface area contributed by atoms with E-state index in [1.54, 1.807) is 18.2 Å². The number of nitrogens with one attached hydrogen (secondary N) is 1. The molecule has 1 aromatic rings. The van der Waals surface area contributed by atoms with Gasteiger partial charge in [-0.05, 0) is 37.8 Å². The van der Waals surface area contributed by atoms with Crippen molar-refractivity contribution in [3.8, 4) is 11.5 Å². The second-order valence-corrected chi connectivity index (χ2v) is 7.10. The molecule has 1 aromatic carbocycles. The Labute approximate surface area is 164 Å². The lowest BCUT2D eigenvalue weighted by Gasteiger charge is -2.31. The number of carbonyl (C=O) groups excluding carboxylic acids is 3. The quantitative estimate of drug-likeness (QED) is 0.714. The normalized spacial score (nSPS) is 17.0. The average molecular weight is 390 g/mol. The number of methoxy groups -OCH3 is 2. The molecule has 0 bridgehead atoms. The predicted molar refractivity (Wildman–Crippen MR) is 101 cm³/mol. The molecule has 152 valence electrons. The van der Waals surface area contributed by atoms with Crippen LogP contribution in [-0.4, -0.2) is 56.6 Å². The second-order valence-electron chi connectivity index (χ2n) is 7.10. The average Bonchev–Trinajstić information content (AvgIpc) is 3.57. The van der Waals surface area contributed by atoms with Crippen molar-refractivity contribution in [3.05, 3.63) is 18.2 Å². The number of esters is 1. The second kappa shape index (κ2) is 8.95. The molecule has 0 radical (unpaired) electrons. The van der Waals surface area contributed by atoms with Crippen LogP contribution in [0, 0.1) is 11.8 Å². The Kier molecular flexibility index (Phi) is 6.38. The number of ether oxygens (including phenoxy) is 3. The third-order valence-electron chi connectivity index (χ3n) is 5.09. The molecule has 8 heteroatoms. The summed E-state index contributed by atoms with van der Waals surface area (Å²) in [7, 11) is 3.02. The number of piperidine rings is 1. The molecule has 0 unspecified atom stereocenters. The molecule has 3 rings (SSSR count). The van der Waals surface area contributed by atoms with Gasteiger partial charge in [0.1, 0.15) is 11.5 Å². The van der Waals surface area contributed by atoms with Crippen LogP contribution in [0.4, 0.5) is 5.69 Å². The SMILES string of the molecule is COc1ccc(OC)c(NC(=O)COC(=O)C2CCN(C(=O)C3CC3)CC2)c1. The summed E-state index contributed by atoms with van der Waals surface area (Å²) in [4.78, 5) is 38.3. The van der Waals surface area contributed by atoms with Crippen molar-refractivity contribution in [1.82, 2.24) is 4.90 Å². The molecule has 8 nitrogen and oxygen atoms in total. The van der Waals surface area contributed by atoms with E-state index in [1.165, 1.54) is 14.2 Å². The molecular formula is C20H26N2O6. The number of amides is 2.